The van der Waals surface area contributed by atoms with E-state index in [0.717, 1.165) is 83.1 Å². The molecule has 51 heavy (non-hydrogen) atoms. The van der Waals surface area contributed by atoms with Crippen LogP contribution >= 0.6 is 0 Å². The van der Waals surface area contributed by atoms with Crippen LogP contribution in [0.5, 0.6) is 0 Å². The van der Waals surface area contributed by atoms with Gasteiger partial charge < -0.3 is 4.90 Å². The fraction of sp³-hybridized carbons (Fsp3) is 0. The Morgan fingerprint density at radius 2 is 1.04 bits per heavy atom. The number of rotatable bonds is 5. The topological polar surface area (TPSA) is 41.9 Å². The van der Waals surface area contributed by atoms with E-state index in [1.807, 2.05) is 12.3 Å². The Balaban J connectivity index is 1.19. The maximum absolute atomic E-state index is 5.39. The number of hydrogen-bond acceptors (Lipinski definition) is 4. The highest BCUT2D eigenvalue weighted by Gasteiger charge is 2.18. The minimum absolute atomic E-state index is 0.921. The Kier molecular flexibility index (Phi) is 6.78. The third-order valence-corrected chi connectivity index (χ3v) is 9.82. The average molecular weight is 651 g/mol. The number of pyridine rings is 3. The average Bonchev–Trinajstić information content (AvgIpc) is 3.21. The molecule has 0 spiro atoms. The van der Waals surface area contributed by atoms with E-state index in [-0.39, 0.29) is 0 Å². The second-order valence-corrected chi connectivity index (χ2v) is 12.9. The molecule has 0 aliphatic heterocycles. The lowest BCUT2D eigenvalue weighted by Crippen LogP contribution is -2.09. The molecule has 7 aromatic carbocycles. The van der Waals surface area contributed by atoms with Crippen molar-refractivity contribution < 1.29 is 0 Å². The number of anilines is 3. The van der Waals surface area contributed by atoms with E-state index < -0.39 is 0 Å². The summed E-state index contributed by atoms with van der Waals surface area (Å²) in [5.41, 5.74) is 10.1. The van der Waals surface area contributed by atoms with Crippen molar-refractivity contribution in [2.45, 2.75) is 0 Å². The van der Waals surface area contributed by atoms with Gasteiger partial charge in [-0.25, -0.2) is 9.97 Å². The molecule has 0 fully saturated rings. The summed E-state index contributed by atoms with van der Waals surface area (Å²) in [6.45, 7) is 0. The highest BCUT2D eigenvalue weighted by Crippen LogP contribution is 2.41. The van der Waals surface area contributed by atoms with Crippen LogP contribution in [0.1, 0.15) is 0 Å². The number of nitrogens with zero attached hydrogens (tertiary/aromatic N) is 4. The molecule has 0 atom stereocenters. The second kappa shape index (κ2) is 11.9. The van der Waals surface area contributed by atoms with Crippen molar-refractivity contribution in [3.8, 4) is 22.5 Å². The van der Waals surface area contributed by atoms with Crippen molar-refractivity contribution in [1.29, 1.82) is 0 Å². The molecule has 4 heteroatoms. The lowest BCUT2D eigenvalue weighted by molar-refractivity contribution is 1.28. The van der Waals surface area contributed by atoms with E-state index in [4.69, 9.17) is 9.97 Å². The van der Waals surface area contributed by atoms with Crippen molar-refractivity contribution in [2.24, 2.45) is 0 Å². The SMILES string of the molecule is c1ccc(-c2nc3cc(N(c4ccccc4)c4ccccc4)ccc3c3c2ccc2cc(-c4ccc5ccc6cccnc6c5n4)ccc23)cc1. The minimum Gasteiger partial charge on any atom is -0.310 e. The number of para-hydroxylation sites is 2. The molecule has 3 aromatic heterocycles. The molecule has 0 unspecified atom stereocenters. The van der Waals surface area contributed by atoms with Crippen molar-refractivity contribution in [2.75, 3.05) is 4.90 Å². The Morgan fingerprint density at radius 1 is 0.392 bits per heavy atom. The van der Waals surface area contributed by atoms with Crippen LogP contribution in [0.4, 0.5) is 17.1 Å². The molecule has 0 saturated carbocycles. The van der Waals surface area contributed by atoms with E-state index in [9.17, 15) is 0 Å². The maximum atomic E-state index is 5.39. The highest BCUT2D eigenvalue weighted by molar-refractivity contribution is 6.23. The van der Waals surface area contributed by atoms with Crippen LogP contribution in [0.15, 0.2) is 182 Å². The summed E-state index contributed by atoms with van der Waals surface area (Å²) in [7, 11) is 0. The van der Waals surface area contributed by atoms with Crippen molar-refractivity contribution in [3.05, 3.63) is 182 Å². The van der Waals surface area contributed by atoms with Gasteiger partial charge in [-0.3, -0.25) is 4.98 Å². The number of benzene rings is 7. The van der Waals surface area contributed by atoms with Gasteiger partial charge in [-0.15, -0.1) is 0 Å². The molecule has 0 bridgehead atoms. The summed E-state index contributed by atoms with van der Waals surface area (Å²) in [5.74, 6) is 0. The molecule has 10 aromatic rings. The molecule has 4 nitrogen and oxygen atoms in total. The van der Waals surface area contributed by atoms with Crippen molar-refractivity contribution in [1.82, 2.24) is 15.0 Å². The van der Waals surface area contributed by atoms with Gasteiger partial charge in [0, 0.05) is 61.3 Å². The maximum Gasteiger partial charge on any atom is 0.0972 e. The third kappa shape index (κ3) is 4.96. The van der Waals surface area contributed by atoms with Crippen LogP contribution in [0.3, 0.4) is 0 Å². The molecule has 0 radical (unpaired) electrons. The van der Waals surface area contributed by atoms with Gasteiger partial charge >= 0.3 is 0 Å². The normalized spacial score (nSPS) is 11.5. The lowest BCUT2D eigenvalue weighted by Gasteiger charge is -2.26. The molecule has 0 saturated heterocycles. The fourth-order valence-electron chi connectivity index (χ4n) is 7.42. The predicted octanol–water partition coefficient (Wildman–Crippen LogP) is 12.4. The molecular formula is C47H30N4. The highest BCUT2D eigenvalue weighted by atomic mass is 15.1. The van der Waals surface area contributed by atoms with E-state index >= 15 is 0 Å². The molecule has 0 N–H and O–H groups in total. The van der Waals surface area contributed by atoms with Crippen LogP contribution in [-0.4, -0.2) is 15.0 Å². The number of fused-ring (bicyclic) bond motifs is 8. The van der Waals surface area contributed by atoms with Gasteiger partial charge in [0.1, 0.15) is 0 Å². The molecular weight excluding hydrogens is 621 g/mol. The summed E-state index contributed by atoms with van der Waals surface area (Å²) in [4.78, 5) is 17.5. The molecule has 10 rings (SSSR count). The van der Waals surface area contributed by atoms with Crippen molar-refractivity contribution >= 4 is 71.3 Å². The predicted molar refractivity (Wildman–Crippen MR) is 213 cm³/mol. The zero-order valence-corrected chi connectivity index (χ0v) is 27.6. The van der Waals surface area contributed by atoms with Crippen LogP contribution in [0.2, 0.25) is 0 Å². The fourth-order valence-corrected chi connectivity index (χ4v) is 7.42. The first-order valence-electron chi connectivity index (χ1n) is 17.2. The van der Waals surface area contributed by atoms with Crippen LogP contribution in [0.25, 0.3) is 76.8 Å². The van der Waals surface area contributed by atoms with Crippen LogP contribution in [0, 0.1) is 0 Å². The monoisotopic (exact) mass is 650 g/mol. The standard InChI is InChI=1S/C47H30N4/c1-4-11-31(12-5-1)45-41-25-20-34-29-35(42-27-22-33-19-18-32-13-10-28-48-46(32)47(33)49-42)21-24-39(34)44(41)40-26-23-38(30-43(40)50-45)51(36-14-6-2-7-15-36)37-16-8-3-9-17-37/h1-30H. The van der Waals surface area contributed by atoms with Gasteiger partial charge in [0.15, 0.2) is 0 Å². The Hall–Kier alpha value is -6.91. The lowest BCUT2D eigenvalue weighted by atomic mass is 9.93. The zero-order chi connectivity index (χ0) is 33.7. The van der Waals surface area contributed by atoms with Gasteiger partial charge in [-0.2, -0.15) is 0 Å². The summed E-state index contributed by atoms with van der Waals surface area (Å²) in [6, 6.07) is 61.9. The zero-order valence-electron chi connectivity index (χ0n) is 27.6. The summed E-state index contributed by atoms with van der Waals surface area (Å²) in [6.07, 6.45) is 1.84. The largest absolute Gasteiger partial charge is 0.310 e. The Morgan fingerprint density at radius 3 is 1.80 bits per heavy atom. The molecule has 3 heterocycles. The molecule has 0 aliphatic carbocycles. The number of hydrogen-bond donors (Lipinski definition) is 0. The summed E-state index contributed by atoms with van der Waals surface area (Å²) in [5, 5.41) is 7.96. The minimum atomic E-state index is 0.921. The van der Waals surface area contributed by atoms with E-state index in [1.165, 1.54) is 10.8 Å². The smallest absolute Gasteiger partial charge is 0.0972 e. The van der Waals surface area contributed by atoms with Gasteiger partial charge in [0.25, 0.3) is 0 Å². The van der Waals surface area contributed by atoms with Gasteiger partial charge in [0.05, 0.1) is 27.9 Å². The number of aromatic nitrogens is 3. The second-order valence-electron chi connectivity index (χ2n) is 12.9. The quantitative estimate of drug-likeness (QED) is 0.174. The van der Waals surface area contributed by atoms with E-state index in [2.05, 4.69) is 180 Å². The Bertz CT molecular complexity index is 2870. The molecule has 0 amide bonds. The van der Waals surface area contributed by atoms with Gasteiger partial charge in [0.2, 0.25) is 0 Å². The van der Waals surface area contributed by atoms with Gasteiger partial charge in [-0.05, 0) is 65.4 Å². The van der Waals surface area contributed by atoms with Crippen LogP contribution in [-0.2, 0) is 0 Å². The molecule has 238 valence electrons. The first kappa shape index (κ1) is 29.0. The first-order valence-corrected chi connectivity index (χ1v) is 17.2. The third-order valence-electron chi connectivity index (χ3n) is 9.82. The first-order chi connectivity index (χ1) is 25.3. The van der Waals surface area contributed by atoms with Crippen LogP contribution < -0.4 is 4.90 Å². The van der Waals surface area contributed by atoms with Crippen molar-refractivity contribution in [3.63, 3.8) is 0 Å². The molecule has 0 aliphatic rings. The summed E-state index contributed by atoms with van der Waals surface area (Å²) < 4.78 is 0. The summed E-state index contributed by atoms with van der Waals surface area (Å²) >= 11 is 0. The Labute approximate surface area is 294 Å². The van der Waals surface area contributed by atoms with E-state index in [0.29, 0.717) is 0 Å². The van der Waals surface area contributed by atoms with Gasteiger partial charge in [-0.1, -0.05) is 121 Å². The van der Waals surface area contributed by atoms with E-state index in [1.54, 1.807) is 0 Å².